The molecular weight excluding hydrogens is 226 g/mol. The molecule has 3 rings (SSSR count). The lowest BCUT2D eigenvalue weighted by molar-refractivity contribution is -0.115. The highest BCUT2D eigenvalue weighted by Crippen LogP contribution is 2.35. The van der Waals surface area contributed by atoms with Crippen LogP contribution in [-0.2, 0) is 17.9 Å². The number of fused-ring (bicyclic) bond motifs is 1. The largest absolute Gasteiger partial charge is 0.325 e. The monoisotopic (exact) mass is 241 g/mol. The fourth-order valence-corrected chi connectivity index (χ4v) is 2.47. The van der Waals surface area contributed by atoms with Crippen LogP contribution >= 0.6 is 0 Å². The van der Waals surface area contributed by atoms with Crippen molar-refractivity contribution in [1.29, 1.82) is 5.26 Å². The van der Waals surface area contributed by atoms with Crippen molar-refractivity contribution in [1.82, 2.24) is 4.90 Å². The summed E-state index contributed by atoms with van der Waals surface area (Å²) in [4.78, 5) is 13.8. The van der Waals surface area contributed by atoms with Crippen molar-refractivity contribution >= 4 is 11.6 Å². The van der Waals surface area contributed by atoms with Crippen LogP contribution in [-0.4, -0.2) is 16.8 Å². The number of anilines is 1. The maximum absolute atomic E-state index is 11.4. The summed E-state index contributed by atoms with van der Waals surface area (Å²) < 4.78 is 0. The Labute approximate surface area is 106 Å². The molecular formula is C14H15N3O. The van der Waals surface area contributed by atoms with Gasteiger partial charge in [-0.1, -0.05) is 6.07 Å². The van der Waals surface area contributed by atoms with Gasteiger partial charge in [-0.25, -0.2) is 0 Å². The Kier molecular flexibility index (Phi) is 2.77. The first-order valence-electron chi connectivity index (χ1n) is 6.29. The summed E-state index contributed by atoms with van der Waals surface area (Å²) in [5.74, 6) is -0.241. The van der Waals surface area contributed by atoms with Gasteiger partial charge in [-0.3, -0.25) is 9.69 Å². The van der Waals surface area contributed by atoms with Gasteiger partial charge in [0, 0.05) is 24.8 Å². The van der Waals surface area contributed by atoms with Crippen molar-refractivity contribution in [2.75, 3.05) is 5.32 Å². The van der Waals surface area contributed by atoms with Gasteiger partial charge in [-0.2, -0.15) is 5.26 Å². The maximum atomic E-state index is 11.4. The predicted molar refractivity (Wildman–Crippen MR) is 67.6 cm³/mol. The molecule has 1 fully saturated rings. The molecule has 1 aliphatic heterocycles. The van der Waals surface area contributed by atoms with Crippen molar-refractivity contribution < 1.29 is 4.79 Å². The third kappa shape index (κ3) is 2.22. The van der Waals surface area contributed by atoms with E-state index in [1.165, 1.54) is 24.0 Å². The number of amides is 1. The van der Waals surface area contributed by atoms with Gasteiger partial charge in [0.2, 0.25) is 5.91 Å². The first-order valence-corrected chi connectivity index (χ1v) is 6.29. The zero-order valence-corrected chi connectivity index (χ0v) is 10.1. The molecule has 0 bridgehead atoms. The van der Waals surface area contributed by atoms with Crippen LogP contribution in [0.25, 0.3) is 0 Å². The lowest BCUT2D eigenvalue weighted by Gasteiger charge is -2.11. The van der Waals surface area contributed by atoms with Crippen LogP contribution in [0.2, 0.25) is 0 Å². The average Bonchev–Trinajstić information content (AvgIpc) is 3.10. The Balaban J connectivity index is 1.71. The van der Waals surface area contributed by atoms with E-state index in [-0.39, 0.29) is 12.3 Å². The molecule has 0 saturated heterocycles. The molecule has 18 heavy (non-hydrogen) atoms. The number of hydrogen-bond acceptors (Lipinski definition) is 3. The van der Waals surface area contributed by atoms with Gasteiger partial charge in [-0.05, 0) is 36.1 Å². The van der Waals surface area contributed by atoms with E-state index < -0.39 is 0 Å². The molecule has 1 amide bonds. The van der Waals surface area contributed by atoms with Crippen molar-refractivity contribution in [3.63, 3.8) is 0 Å². The van der Waals surface area contributed by atoms with Crippen molar-refractivity contribution in [3.05, 3.63) is 29.3 Å². The Hall–Kier alpha value is -1.86. The molecule has 0 spiro atoms. The van der Waals surface area contributed by atoms with Crippen LogP contribution in [0.5, 0.6) is 0 Å². The normalized spacial score (nSPS) is 18.2. The highest BCUT2D eigenvalue weighted by atomic mass is 16.1. The highest BCUT2D eigenvalue weighted by Gasteiger charge is 2.32. The average molecular weight is 241 g/mol. The first kappa shape index (κ1) is 11.2. The number of nitrogens with zero attached hydrogens (tertiary/aromatic N) is 2. The van der Waals surface area contributed by atoms with Crippen LogP contribution < -0.4 is 5.32 Å². The smallest absolute Gasteiger partial charge is 0.238 e. The van der Waals surface area contributed by atoms with Crippen LogP contribution in [0, 0.1) is 11.3 Å². The number of nitriles is 1. The van der Waals surface area contributed by atoms with Crippen molar-refractivity contribution in [2.45, 2.75) is 38.4 Å². The van der Waals surface area contributed by atoms with Gasteiger partial charge in [0.1, 0.15) is 6.42 Å². The molecule has 2 aliphatic rings. The van der Waals surface area contributed by atoms with Gasteiger partial charge >= 0.3 is 0 Å². The number of benzene rings is 1. The lowest BCUT2D eigenvalue weighted by atomic mass is 10.1. The standard InChI is InChI=1S/C14H15N3O/c15-6-5-14(18)16-12-2-1-10-8-17(13-3-4-13)9-11(10)7-12/h1-2,7,13H,3-5,8-9H2,(H,16,18). The molecule has 0 atom stereocenters. The number of carbonyl (C=O) groups excluding carboxylic acids is 1. The minimum Gasteiger partial charge on any atom is -0.325 e. The minimum absolute atomic E-state index is 0.0920. The number of carbonyl (C=O) groups is 1. The van der Waals surface area contributed by atoms with E-state index >= 15 is 0 Å². The van der Waals surface area contributed by atoms with E-state index in [1.54, 1.807) is 0 Å². The second kappa shape index (κ2) is 4.43. The second-order valence-corrected chi connectivity index (χ2v) is 5.00. The molecule has 1 aromatic carbocycles. The van der Waals surface area contributed by atoms with E-state index in [0.717, 1.165) is 24.8 Å². The molecule has 1 heterocycles. The molecule has 1 aliphatic carbocycles. The predicted octanol–water partition coefficient (Wildman–Crippen LogP) is 2.02. The summed E-state index contributed by atoms with van der Waals surface area (Å²) >= 11 is 0. The van der Waals surface area contributed by atoms with E-state index in [1.807, 2.05) is 18.2 Å². The first-order chi connectivity index (χ1) is 8.76. The second-order valence-electron chi connectivity index (χ2n) is 5.00. The van der Waals surface area contributed by atoms with E-state index in [2.05, 4.69) is 16.3 Å². The van der Waals surface area contributed by atoms with Crippen LogP contribution in [0.4, 0.5) is 5.69 Å². The fraction of sp³-hybridized carbons (Fsp3) is 0.429. The van der Waals surface area contributed by atoms with Gasteiger partial charge in [0.25, 0.3) is 0 Å². The molecule has 4 heteroatoms. The summed E-state index contributed by atoms with van der Waals surface area (Å²) in [6.45, 7) is 2.02. The topological polar surface area (TPSA) is 56.1 Å². The number of nitrogens with one attached hydrogen (secondary N) is 1. The Morgan fingerprint density at radius 3 is 2.89 bits per heavy atom. The molecule has 0 aromatic heterocycles. The van der Waals surface area contributed by atoms with Crippen LogP contribution in [0.15, 0.2) is 18.2 Å². The number of hydrogen-bond donors (Lipinski definition) is 1. The minimum atomic E-state index is -0.241. The highest BCUT2D eigenvalue weighted by molar-refractivity contribution is 5.92. The van der Waals surface area contributed by atoms with Crippen LogP contribution in [0.3, 0.4) is 0 Å². The van der Waals surface area contributed by atoms with Gasteiger partial charge in [0.05, 0.1) is 6.07 Å². The third-order valence-corrected chi connectivity index (χ3v) is 3.54. The molecule has 1 N–H and O–H groups in total. The Bertz CT molecular complexity index is 528. The molecule has 0 radical (unpaired) electrons. The zero-order chi connectivity index (χ0) is 12.5. The molecule has 0 unspecified atom stereocenters. The fourth-order valence-electron chi connectivity index (χ4n) is 2.47. The number of rotatable bonds is 3. The van der Waals surface area contributed by atoms with Gasteiger partial charge in [-0.15, -0.1) is 0 Å². The van der Waals surface area contributed by atoms with Crippen LogP contribution in [0.1, 0.15) is 30.4 Å². The van der Waals surface area contributed by atoms with E-state index in [0.29, 0.717) is 0 Å². The molecule has 1 aromatic rings. The maximum Gasteiger partial charge on any atom is 0.238 e. The van der Waals surface area contributed by atoms with E-state index in [4.69, 9.17) is 5.26 Å². The Morgan fingerprint density at radius 1 is 1.39 bits per heavy atom. The van der Waals surface area contributed by atoms with Gasteiger partial charge in [0.15, 0.2) is 0 Å². The van der Waals surface area contributed by atoms with Crippen molar-refractivity contribution in [2.24, 2.45) is 0 Å². The Morgan fingerprint density at radius 2 is 2.17 bits per heavy atom. The lowest BCUT2D eigenvalue weighted by Crippen LogP contribution is -2.18. The molecule has 1 saturated carbocycles. The summed E-state index contributed by atoms with van der Waals surface area (Å²) in [5.41, 5.74) is 3.46. The molecule has 4 nitrogen and oxygen atoms in total. The SMILES string of the molecule is N#CCC(=O)Nc1ccc2c(c1)CN(C1CC1)C2. The van der Waals surface area contributed by atoms with E-state index in [9.17, 15) is 4.79 Å². The van der Waals surface area contributed by atoms with Crippen molar-refractivity contribution in [3.8, 4) is 6.07 Å². The quantitative estimate of drug-likeness (QED) is 0.880. The summed E-state index contributed by atoms with van der Waals surface area (Å²) in [6.07, 6.45) is 2.55. The summed E-state index contributed by atoms with van der Waals surface area (Å²) in [7, 11) is 0. The summed E-state index contributed by atoms with van der Waals surface area (Å²) in [5, 5.41) is 11.2. The van der Waals surface area contributed by atoms with Gasteiger partial charge < -0.3 is 5.32 Å². The summed E-state index contributed by atoms with van der Waals surface area (Å²) in [6, 6.07) is 8.66. The molecule has 92 valence electrons. The zero-order valence-electron chi connectivity index (χ0n) is 10.1. The third-order valence-electron chi connectivity index (χ3n) is 3.54.